The van der Waals surface area contributed by atoms with Crippen LogP contribution < -0.4 is 0 Å². The molecule has 0 saturated carbocycles. The molecule has 0 radical (unpaired) electrons. The van der Waals surface area contributed by atoms with Crippen LogP contribution in [0.3, 0.4) is 0 Å². The number of hydrogen-bond donors (Lipinski definition) is 1. The van der Waals surface area contributed by atoms with Crippen molar-refractivity contribution in [1.29, 1.82) is 5.26 Å². The van der Waals surface area contributed by atoms with Crippen molar-refractivity contribution < 1.29 is 30.9 Å². The summed E-state index contributed by atoms with van der Waals surface area (Å²) in [6, 6.07) is 1.96. The number of nitriles is 1. The summed E-state index contributed by atoms with van der Waals surface area (Å²) in [5.41, 5.74) is 0. The fourth-order valence-corrected chi connectivity index (χ4v) is 4.42. The molecule has 0 amide bonds. The molecule has 1 N–H and O–H groups in total. The lowest BCUT2D eigenvalue weighted by Crippen LogP contribution is -2.28. The van der Waals surface area contributed by atoms with Crippen molar-refractivity contribution in [2.75, 3.05) is 26.4 Å². The summed E-state index contributed by atoms with van der Waals surface area (Å²) in [6.07, 6.45) is -0.779. The summed E-state index contributed by atoms with van der Waals surface area (Å²) in [5, 5.41) is 18.5. The van der Waals surface area contributed by atoms with Crippen LogP contribution in [0.25, 0.3) is 0 Å². The average Bonchev–Trinajstić information content (AvgIpc) is 3.06. The third-order valence-corrected chi connectivity index (χ3v) is 5.96. The maximum atomic E-state index is 9.85. The van der Waals surface area contributed by atoms with Gasteiger partial charge in [0.15, 0.2) is 0 Å². The molecule has 7 atom stereocenters. The molecule has 9 heteroatoms. The van der Waals surface area contributed by atoms with E-state index in [1.165, 1.54) is 0 Å². The normalized spacial score (nSPS) is 41.1. The molecular formula is C14H24NO6PS. The molecule has 2 aliphatic heterocycles. The molecule has 0 aliphatic carbocycles. The number of nitrogens with zero attached hydrogens (tertiary/aromatic N) is 1. The van der Waals surface area contributed by atoms with E-state index in [1.54, 1.807) is 0 Å². The number of aliphatic hydroxyl groups is 1. The zero-order valence-electron chi connectivity index (χ0n) is 15.0. The van der Waals surface area contributed by atoms with E-state index in [0.717, 1.165) is 0 Å². The Morgan fingerprint density at radius 3 is 2.74 bits per heavy atom. The highest BCUT2D eigenvalue weighted by molar-refractivity contribution is 8.07. The molecule has 0 aromatic carbocycles. The van der Waals surface area contributed by atoms with Crippen molar-refractivity contribution in [3.63, 3.8) is 0 Å². The second-order valence-electron chi connectivity index (χ2n) is 5.26. The van der Waals surface area contributed by atoms with E-state index in [2.05, 4.69) is 0 Å². The Balaban J connectivity index is 1.97. The van der Waals surface area contributed by atoms with Gasteiger partial charge in [-0.25, -0.2) is 0 Å². The highest BCUT2D eigenvalue weighted by Gasteiger charge is 2.36. The number of ether oxygens (including phenoxy) is 2. The topological polar surface area (TPSA) is 90.2 Å². The first-order chi connectivity index (χ1) is 11.9. The van der Waals surface area contributed by atoms with Crippen molar-refractivity contribution in [3.05, 3.63) is 0 Å². The Morgan fingerprint density at radius 2 is 2.09 bits per heavy atom. The molecule has 0 aromatic rings. The first kappa shape index (κ1) is 16.4. The minimum absolute atomic E-state index is 0.0605. The summed E-state index contributed by atoms with van der Waals surface area (Å²) in [6.45, 7) is -2.75. The SMILES string of the molecule is [3H][C@@H]1C[C@@H](OP(=S)(OCCC#N)OC[C@H]2O[C@@H]([3H])C[C@H]2O)[C@@H](CC)O1. The molecule has 1 unspecified atom stereocenters. The molecule has 7 nitrogen and oxygen atoms in total. The Bertz CT molecular complexity index is 524. The van der Waals surface area contributed by atoms with Gasteiger partial charge >= 0.3 is 6.72 Å². The molecule has 0 aromatic heterocycles. The second kappa shape index (κ2) is 9.40. The Hall–Kier alpha value is -0.100. The molecule has 2 heterocycles. The molecule has 23 heavy (non-hydrogen) atoms. The summed E-state index contributed by atoms with van der Waals surface area (Å²) in [4.78, 5) is 0. The van der Waals surface area contributed by atoms with E-state index in [1.807, 2.05) is 13.0 Å². The van der Waals surface area contributed by atoms with E-state index in [-0.39, 0.29) is 32.2 Å². The molecule has 2 fully saturated rings. The van der Waals surface area contributed by atoms with Gasteiger partial charge in [0, 0.05) is 19.6 Å². The standard InChI is InChI=1S/C14H24NO6PS/c1-2-12-13(5-9-17-12)21-22(23,19-7-3-6-15)20-10-14-11(16)4-8-18-14/h11-14,16H,2-5,7-10H2,1H3/t11-,12-,13-,14-,22?/m1/s1/i8T,9T/t8-,9+,11+,12+,13+,14+,22?/m0. The van der Waals surface area contributed by atoms with Gasteiger partial charge in [0.2, 0.25) is 0 Å². The minimum Gasteiger partial charge on any atom is -0.390 e. The lowest BCUT2D eigenvalue weighted by atomic mass is 10.1. The van der Waals surface area contributed by atoms with Gasteiger partial charge in [0.05, 0.1) is 46.8 Å². The molecule has 132 valence electrons. The van der Waals surface area contributed by atoms with E-state index >= 15 is 0 Å². The smallest absolute Gasteiger partial charge is 0.327 e. The van der Waals surface area contributed by atoms with E-state index in [4.69, 9.17) is 42.9 Å². The summed E-state index contributed by atoms with van der Waals surface area (Å²) >= 11 is 5.43. The monoisotopic (exact) mass is 369 g/mol. The number of hydrogen-bond acceptors (Lipinski definition) is 8. The van der Waals surface area contributed by atoms with Crippen LogP contribution in [-0.2, 0) is 34.9 Å². The van der Waals surface area contributed by atoms with Crippen molar-refractivity contribution in [2.24, 2.45) is 0 Å². The van der Waals surface area contributed by atoms with Gasteiger partial charge in [0.25, 0.3) is 0 Å². The van der Waals surface area contributed by atoms with Gasteiger partial charge in [-0.05, 0) is 24.6 Å². The molecule has 0 bridgehead atoms. The third kappa shape index (κ3) is 5.73. The van der Waals surface area contributed by atoms with E-state index < -0.39 is 38.2 Å². The van der Waals surface area contributed by atoms with Crippen molar-refractivity contribution in [1.82, 2.24) is 0 Å². The summed E-state index contributed by atoms with van der Waals surface area (Å²) in [5.74, 6) is 0. The van der Waals surface area contributed by atoms with Gasteiger partial charge in [-0.15, -0.1) is 0 Å². The van der Waals surface area contributed by atoms with Crippen LogP contribution in [0.4, 0.5) is 0 Å². The van der Waals surface area contributed by atoms with Crippen molar-refractivity contribution in [3.8, 4) is 6.07 Å². The Kier molecular flexibility index (Phi) is 6.69. The lowest BCUT2D eigenvalue weighted by Gasteiger charge is -2.28. The van der Waals surface area contributed by atoms with E-state index in [9.17, 15) is 5.11 Å². The van der Waals surface area contributed by atoms with Crippen LogP contribution in [0.2, 0.25) is 0 Å². The van der Waals surface area contributed by atoms with Crippen LogP contribution in [-0.4, -0.2) is 55.9 Å². The van der Waals surface area contributed by atoms with Gasteiger partial charge in [-0.3, -0.25) is 0 Å². The van der Waals surface area contributed by atoms with Gasteiger partial charge < -0.3 is 28.2 Å². The van der Waals surface area contributed by atoms with Crippen LogP contribution >= 0.6 is 6.72 Å². The highest BCUT2D eigenvalue weighted by atomic mass is 32.5. The maximum Gasteiger partial charge on any atom is 0.327 e. The number of rotatable bonds is 9. The fourth-order valence-electron chi connectivity index (χ4n) is 2.29. The molecule has 0 spiro atoms. The fraction of sp³-hybridized carbons (Fsp3) is 0.929. The lowest BCUT2D eigenvalue weighted by molar-refractivity contribution is -0.00558. The summed E-state index contributed by atoms with van der Waals surface area (Å²) in [7, 11) is 0. The maximum absolute atomic E-state index is 9.85. The predicted molar refractivity (Wildman–Crippen MR) is 86.3 cm³/mol. The third-order valence-electron chi connectivity index (χ3n) is 3.58. The predicted octanol–water partition coefficient (Wildman–Crippen LogP) is 1.89. The van der Waals surface area contributed by atoms with Crippen LogP contribution in [0.1, 0.15) is 35.3 Å². The first-order valence-electron chi connectivity index (χ1n) is 8.80. The minimum atomic E-state index is -3.21. The first-order valence-corrected chi connectivity index (χ1v) is 10.2. The van der Waals surface area contributed by atoms with Gasteiger partial charge in [-0.1, -0.05) is 6.92 Å². The average molecular weight is 369 g/mol. The molecule has 2 aliphatic rings. The van der Waals surface area contributed by atoms with Crippen molar-refractivity contribution >= 4 is 18.5 Å². The molecule has 2 saturated heterocycles. The summed E-state index contributed by atoms with van der Waals surface area (Å²) < 4.78 is 43.1. The highest BCUT2D eigenvalue weighted by Crippen LogP contribution is 2.53. The van der Waals surface area contributed by atoms with Crippen LogP contribution in [0.15, 0.2) is 0 Å². The van der Waals surface area contributed by atoms with Crippen LogP contribution in [0, 0.1) is 11.3 Å². The molecular weight excluding hydrogens is 341 g/mol. The number of aliphatic hydroxyl groups excluding tert-OH is 1. The van der Waals surface area contributed by atoms with Gasteiger partial charge in [-0.2, -0.15) is 5.26 Å². The molecule has 2 rings (SSSR count). The zero-order valence-corrected chi connectivity index (χ0v) is 14.7. The zero-order chi connectivity index (χ0) is 18.4. The largest absolute Gasteiger partial charge is 0.390 e. The van der Waals surface area contributed by atoms with Crippen LogP contribution in [0.5, 0.6) is 0 Å². The van der Waals surface area contributed by atoms with Gasteiger partial charge in [0.1, 0.15) is 6.10 Å². The Labute approximate surface area is 144 Å². The van der Waals surface area contributed by atoms with Crippen molar-refractivity contribution in [2.45, 2.75) is 57.0 Å². The quantitative estimate of drug-likeness (QED) is 0.487. The van der Waals surface area contributed by atoms with E-state index in [0.29, 0.717) is 12.8 Å². The Morgan fingerprint density at radius 1 is 1.35 bits per heavy atom. The second-order valence-corrected chi connectivity index (χ2v) is 8.22.